The van der Waals surface area contributed by atoms with Crippen molar-refractivity contribution < 1.29 is 24.2 Å². The molecule has 0 aliphatic carbocycles. The van der Waals surface area contributed by atoms with Gasteiger partial charge in [0.05, 0.1) is 6.61 Å². The van der Waals surface area contributed by atoms with Crippen LogP contribution < -0.4 is 0 Å². The van der Waals surface area contributed by atoms with Gasteiger partial charge in [-0.25, -0.2) is 9.59 Å². The fourth-order valence-electron chi connectivity index (χ4n) is 2.77. The Kier molecular flexibility index (Phi) is 5.38. The van der Waals surface area contributed by atoms with E-state index in [1.165, 1.54) is 12.0 Å². The fourth-order valence-corrected chi connectivity index (χ4v) is 2.77. The van der Waals surface area contributed by atoms with Crippen molar-refractivity contribution in [3.63, 3.8) is 0 Å². The van der Waals surface area contributed by atoms with E-state index in [0.29, 0.717) is 13.0 Å². The molecule has 1 N–H and O–H groups in total. The number of aliphatic carboxylic acids is 1. The van der Waals surface area contributed by atoms with Gasteiger partial charge in [0.2, 0.25) is 0 Å². The molecule has 0 bridgehead atoms. The van der Waals surface area contributed by atoms with Crippen LogP contribution in [0.5, 0.6) is 0 Å². The summed E-state index contributed by atoms with van der Waals surface area (Å²) in [5.74, 6) is -1.05. The second kappa shape index (κ2) is 7.26. The van der Waals surface area contributed by atoms with E-state index in [9.17, 15) is 14.7 Å². The Morgan fingerprint density at radius 2 is 2.00 bits per heavy atom. The molecule has 1 aliphatic rings. The maximum absolute atomic E-state index is 12.4. The van der Waals surface area contributed by atoms with Crippen molar-refractivity contribution in [2.45, 2.75) is 31.4 Å². The largest absolute Gasteiger partial charge is 0.479 e. The van der Waals surface area contributed by atoms with Gasteiger partial charge in [-0.05, 0) is 24.8 Å². The monoisotopic (exact) mass is 307 g/mol. The SMILES string of the molecule is COC[C@@]1(C(=O)O)CCCCN1C(=O)OCc1ccccc1. The second-order valence-electron chi connectivity index (χ2n) is 5.42. The third-order valence-corrected chi connectivity index (χ3v) is 3.95. The molecule has 1 atom stereocenters. The molecular formula is C16H21NO5. The first-order valence-electron chi connectivity index (χ1n) is 7.31. The van der Waals surface area contributed by atoms with Gasteiger partial charge in [0.1, 0.15) is 6.61 Å². The minimum Gasteiger partial charge on any atom is -0.479 e. The molecule has 0 saturated carbocycles. The van der Waals surface area contributed by atoms with Gasteiger partial charge in [-0.1, -0.05) is 30.3 Å². The van der Waals surface area contributed by atoms with Crippen LogP contribution in [-0.4, -0.2) is 47.9 Å². The smallest absolute Gasteiger partial charge is 0.411 e. The maximum Gasteiger partial charge on any atom is 0.411 e. The number of carbonyl (C=O) groups is 2. The number of carbonyl (C=O) groups excluding carboxylic acids is 1. The van der Waals surface area contributed by atoms with E-state index < -0.39 is 17.6 Å². The zero-order valence-corrected chi connectivity index (χ0v) is 12.7. The van der Waals surface area contributed by atoms with Gasteiger partial charge in [-0.3, -0.25) is 4.90 Å². The molecule has 1 aromatic rings. The van der Waals surface area contributed by atoms with Gasteiger partial charge in [0.15, 0.2) is 5.54 Å². The molecule has 6 heteroatoms. The second-order valence-corrected chi connectivity index (χ2v) is 5.42. The Morgan fingerprint density at radius 3 is 2.64 bits per heavy atom. The minimum absolute atomic E-state index is 0.0389. The molecule has 1 aromatic carbocycles. The van der Waals surface area contributed by atoms with Gasteiger partial charge >= 0.3 is 12.1 Å². The number of nitrogens with zero attached hydrogens (tertiary/aromatic N) is 1. The number of hydrogen-bond acceptors (Lipinski definition) is 4. The molecular weight excluding hydrogens is 286 g/mol. The van der Waals surface area contributed by atoms with Crippen LogP contribution in [0.25, 0.3) is 0 Å². The van der Waals surface area contributed by atoms with E-state index in [1.54, 1.807) is 0 Å². The summed E-state index contributed by atoms with van der Waals surface area (Å²) in [5, 5.41) is 9.59. The van der Waals surface area contributed by atoms with Crippen LogP contribution >= 0.6 is 0 Å². The highest BCUT2D eigenvalue weighted by Gasteiger charge is 2.49. The summed E-state index contributed by atoms with van der Waals surface area (Å²) in [6.45, 7) is 0.449. The lowest BCUT2D eigenvalue weighted by molar-refractivity contribution is -0.157. The lowest BCUT2D eigenvalue weighted by Gasteiger charge is -2.42. The van der Waals surface area contributed by atoms with E-state index in [1.807, 2.05) is 30.3 Å². The fraction of sp³-hybridized carbons (Fsp3) is 0.500. The van der Waals surface area contributed by atoms with Gasteiger partial charge < -0.3 is 14.6 Å². The summed E-state index contributed by atoms with van der Waals surface area (Å²) < 4.78 is 10.3. The van der Waals surface area contributed by atoms with Crippen LogP contribution in [0, 0.1) is 0 Å². The number of hydrogen-bond donors (Lipinski definition) is 1. The molecule has 120 valence electrons. The molecule has 6 nitrogen and oxygen atoms in total. The molecule has 0 unspecified atom stereocenters. The highest BCUT2D eigenvalue weighted by Crippen LogP contribution is 2.30. The first-order valence-corrected chi connectivity index (χ1v) is 7.31. The van der Waals surface area contributed by atoms with Crippen molar-refractivity contribution in [2.75, 3.05) is 20.3 Å². The zero-order chi connectivity index (χ0) is 16.0. The van der Waals surface area contributed by atoms with Gasteiger partial charge in [0, 0.05) is 13.7 Å². The standard InChI is InChI=1S/C16H21NO5/c1-21-12-16(14(18)19)9-5-6-10-17(16)15(20)22-11-13-7-3-2-4-8-13/h2-4,7-8H,5-6,9-12H2,1H3,(H,18,19)/t16-/m1/s1. The molecule has 0 aromatic heterocycles. The van der Waals surface area contributed by atoms with Gasteiger partial charge in [-0.2, -0.15) is 0 Å². The molecule has 1 amide bonds. The summed E-state index contributed by atoms with van der Waals surface area (Å²) in [6, 6.07) is 9.29. The minimum atomic E-state index is -1.33. The number of ether oxygens (including phenoxy) is 2. The molecule has 1 heterocycles. The molecule has 0 radical (unpaired) electrons. The Balaban J connectivity index is 2.09. The number of rotatable bonds is 5. The highest BCUT2D eigenvalue weighted by atomic mass is 16.6. The van der Waals surface area contributed by atoms with E-state index in [2.05, 4.69) is 0 Å². The number of methoxy groups -OCH3 is 1. The Labute approximate surface area is 129 Å². The van der Waals surface area contributed by atoms with E-state index in [0.717, 1.165) is 18.4 Å². The zero-order valence-electron chi connectivity index (χ0n) is 12.7. The van der Waals surface area contributed by atoms with Gasteiger partial charge in [0.25, 0.3) is 0 Å². The third kappa shape index (κ3) is 3.39. The number of carboxylic acid groups (broad SMARTS) is 1. The lowest BCUT2D eigenvalue weighted by Crippen LogP contribution is -2.62. The van der Waals surface area contributed by atoms with Crippen LogP contribution in [0.1, 0.15) is 24.8 Å². The predicted molar refractivity (Wildman–Crippen MR) is 79.4 cm³/mol. The summed E-state index contributed by atoms with van der Waals surface area (Å²) in [5.41, 5.74) is -0.471. The number of benzene rings is 1. The van der Waals surface area contributed by atoms with Crippen molar-refractivity contribution in [3.8, 4) is 0 Å². The summed E-state index contributed by atoms with van der Waals surface area (Å²) in [4.78, 5) is 25.4. The molecule has 1 fully saturated rings. The Morgan fingerprint density at radius 1 is 1.27 bits per heavy atom. The summed E-state index contributed by atoms with van der Waals surface area (Å²) >= 11 is 0. The predicted octanol–water partition coefficient (Wildman–Crippen LogP) is 2.28. The van der Waals surface area contributed by atoms with Crippen molar-refractivity contribution in [3.05, 3.63) is 35.9 Å². The molecule has 1 saturated heterocycles. The first-order chi connectivity index (χ1) is 10.6. The third-order valence-electron chi connectivity index (χ3n) is 3.95. The number of likely N-dealkylation sites (tertiary alicyclic amines) is 1. The van der Waals surface area contributed by atoms with Crippen LogP contribution in [0.2, 0.25) is 0 Å². The van der Waals surface area contributed by atoms with Gasteiger partial charge in [-0.15, -0.1) is 0 Å². The molecule has 22 heavy (non-hydrogen) atoms. The number of piperidine rings is 1. The van der Waals surface area contributed by atoms with E-state index >= 15 is 0 Å². The average Bonchev–Trinajstić information content (AvgIpc) is 2.54. The van der Waals surface area contributed by atoms with E-state index in [4.69, 9.17) is 9.47 Å². The van der Waals surface area contributed by atoms with Crippen molar-refractivity contribution in [2.24, 2.45) is 0 Å². The van der Waals surface area contributed by atoms with Crippen molar-refractivity contribution >= 4 is 12.1 Å². The van der Waals surface area contributed by atoms with Crippen LogP contribution in [-0.2, 0) is 20.9 Å². The maximum atomic E-state index is 12.4. The van der Waals surface area contributed by atoms with E-state index in [-0.39, 0.29) is 13.2 Å². The Hall–Kier alpha value is -2.08. The summed E-state index contributed by atoms with van der Waals surface area (Å²) in [6.07, 6.45) is 1.27. The highest BCUT2D eigenvalue weighted by molar-refractivity contribution is 5.85. The van der Waals surface area contributed by atoms with Crippen LogP contribution in [0.15, 0.2) is 30.3 Å². The molecule has 2 rings (SSSR count). The molecule has 0 spiro atoms. The quantitative estimate of drug-likeness (QED) is 0.903. The normalized spacial score (nSPS) is 21.4. The van der Waals surface area contributed by atoms with Crippen molar-refractivity contribution in [1.82, 2.24) is 4.90 Å². The van der Waals surface area contributed by atoms with Crippen LogP contribution in [0.3, 0.4) is 0 Å². The Bertz CT molecular complexity index is 515. The lowest BCUT2D eigenvalue weighted by atomic mass is 9.87. The number of carboxylic acids is 1. The topological polar surface area (TPSA) is 76.1 Å². The summed E-state index contributed by atoms with van der Waals surface area (Å²) in [7, 11) is 1.44. The van der Waals surface area contributed by atoms with Crippen LogP contribution in [0.4, 0.5) is 4.79 Å². The first kappa shape index (κ1) is 16.3. The number of amides is 1. The average molecular weight is 307 g/mol. The van der Waals surface area contributed by atoms with Crippen molar-refractivity contribution in [1.29, 1.82) is 0 Å². The molecule has 1 aliphatic heterocycles.